The van der Waals surface area contributed by atoms with Crippen LogP contribution in [-0.2, 0) is 4.74 Å². The van der Waals surface area contributed by atoms with Crippen molar-refractivity contribution in [1.29, 1.82) is 0 Å². The molecule has 0 amide bonds. The first-order chi connectivity index (χ1) is 17.0. The van der Waals surface area contributed by atoms with E-state index >= 15 is 0 Å². The van der Waals surface area contributed by atoms with Crippen molar-refractivity contribution < 1.29 is 23.4 Å². The van der Waals surface area contributed by atoms with Crippen LogP contribution < -0.4 is 10.1 Å². The molecular formula is C26H26F2N4O3. The second kappa shape index (κ2) is 9.69. The molecule has 0 fully saturated rings. The van der Waals surface area contributed by atoms with Crippen molar-refractivity contribution in [1.82, 2.24) is 19.9 Å². The Morgan fingerprint density at radius 3 is 2.63 bits per heavy atom. The summed E-state index contributed by atoms with van der Waals surface area (Å²) in [5.74, 6) is 0.0625. The normalized spacial score (nSPS) is 18.6. The van der Waals surface area contributed by atoms with E-state index in [4.69, 9.17) is 14.6 Å². The van der Waals surface area contributed by atoms with Crippen molar-refractivity contribution >= 4 is 5.65 Å². The van der Waals surface area contributed by atoms with Crippen molar-refractivity contribution in [2.45, 2.75) is 38.7 Å². The number of para-hydroxylation sites is 1. The molecule has 0 aliphatic carbocycles. The number of hydrogen-bond acceptors (Lipinski definition) is 6. The Morgan fingerprint density at radius 1 is 1.11 bits per heavy atom. The summed E-state index contributed by atoms with van der Waals surface area (Å²) in [6.07, 6.45) is -0.858. The van der Waals surface area contributed by atoms with E-state index in [1.165, 1.54) is 6.07 Å². The average Bonchev–Trinajstić information content (AvgIpc) is 3.25. The molecule has 182 valence electrons. The molecule has 0 spiro atoms. The van der Waals surface area contributed by atoms with Crippen molar-refractivity contribution in [3.8, 4) is 17.0 Å². The summed E-state index contributed by atoms with van der Waals surface area (Å²) < 4.78 is 38.2. The number of imidazole rings is 1. The maximum atomic E-state index is 13.1. The van der Waals surface area contributed by atoms with E-state index in [0.717, 1.165) is 11.1 Å². The molecule has 1 aliphatic rings. The molecule has 3 heterocycles. The maximum Gasteiger partial charge on any atom is 0.387 e. The number of nitrogens with zero attached hydrogens (tertiary/aromatic N) is 3. The highest BCUT2D eigenvalue weighted by Crippen LogP contribution is 2.37. The van der Waals surface area contributed by atoms with Gasteiger partial charge in [0.25, 0.3) is 0 Å². The highest BCUT2D eigenvalue weighted by Gasteiger charge is 2.34. The van der Waals surface area contributed by atoms with Gasteiger partial charge in [-0.3, -0.25) is 0 Å². The van der Waals surface area contributed by atoms with E-state index in [1.807, 2.05) is 50.2 Å². The van der Waals surface area contributed by atoms with Crippen LogP contribution in [0.3, 0.4) is 0 Å². The van der Waals surface area contributed by atoms with Gasteiger partial charge in [-0.2, -0.15) is 13.9 Å². The van der Waals surface area contributed by atoms with Gasteiger partial charge in [0.05, 0.1) is 29.2 Å². The molecule has 4 aromatic rings. The van der Waals surface area contributed by atoms with Gasteiger partial charge in [-0.1, -0.05) is 42.5 Å². The van der Waals surface area contributed by atoms with Gasteiger partial charge in [0, 0.05) is 24.3 Å². The number of halogens is 2. The van der Waals surface area contributed by atoms with Gasteiger partial charge in [0.15, 0.2) is 5.65 Å². The first-order valence-electron chi connectivity index (χ1n) is 11.5. The largest absolute Gasteiger partial charge is 0.434 e. The molecule has 0 radical (unpaired) electrons. The highest BCUT2D eigenvalue weighted by molar-refractivity contribution is 5.61. The van der Waals surface area contributed by atoms with Crippen LogP contribution in [0.5, 0.6) is 5.75 Å². The molecule has 0 bridgehead atoms. The van der Waals surface area contributed by atoms with Crippen molar-refractivity contribution in [3.63, 3.8) is 0 Å². The lowest BCUT2D eigenvalue weighted by Gasteiger charge is -2.28. The lowest BCUT2D eigenvalue weighted by Crippen LogP contribution is -2.35. The van der Waals surface area contributed by atoms with E-state index < -0.39 is 18.8 Å². The van der Waals surface area contributed by atoms with Gasteiger partial charge in [0.1, 0.15) is 11.9 Å². The molecule has 2 aromatic heterocycles. The minimum Gasteiger partial charge on any atom is -0.434 e. The Labute approximate surface area is 201 Å². The Hall–Kier alpha value is -3.40. The number of rotatable bonds is 7. The van der Waals surface area contributed by atoms with Crippen LogP contribution in [0, 0.1) is 0 Å². The predicted octanol–water partition coefficient (Wildman–Crippen LogP) is 4.82. The number of nitrogens with one attached hydrogen (secondary N) is 1. The first kappa shape index (κ1) is 23.3. The van der Waals surface area contributed by atoms with Crippen LogP contribution in [0.15, 0.2) is 60.7 Å². The lowest BCUT2D eigenvalue weighted by atomic mass is 9.96. The fourth-order valence-corrected chi connectivity index (χ4v) is 4.51. The van der Waals surface area contributed by atoms with Gasteiger partial charge >= 0.3 is 6.61 Å². The standard InChI is InChI=1S/C26H26F2N4O3/c1-3-34-15(2)16-8-10-17(11-9-16)19-12-13-22-30-24-20(33)14-29-23(25(24)32(22)31-19)18-6-4-5-7-21(18)35-26(27)28/h4-13,15,20,23,26,29,33H,3,14H2,1-2H3/t15?,20-,23+/m0/s1. The zero-order valence-corrected chi connectivity index (χ0v) is 19.4. The zero-order chi connectivity index (χ0) is 24.5. The Kier molecular flexibility index (Phi) is 6.46. The van der Waals surface area contributed by atoms with Gasteiger partial charge in [0.2, 0.25) is 0 Å². The molecule has 3 atom stereocenters. The fourth-order valence-electron chi connectivity index (χ4n) is 4.51. The monoisotopic (exact) mass is 480 g/mol. The minimum atomic E-state index is -2.95. The molecule has 7 nitrogen and oxygen atoms in total. The van der Waals surface area contributed by atoms with E-state index in [1.54, 1.807) is 22.7 Å². The number of aliphatic hydroxyl groups is 1. The lowest BCUT2D eigenvalue weighted by molar-refractivity contribution is -0.0507. The number of aliphatic hydroxyl groups excluding tert-OH is 1. The summed E-state index contributed by atoms with van der Waals surface area (Å²) in [6, 6.07) is 17.8. The zero-order valence-electron chi connectivity index (χ0n) is 19.4. The quantitative estimate of drug-likeness (QED) is 0.395. The molecule has 2 aromatic carbocycles. The summed E-state index contributed by atoms with van der Waals surface area (Å²) in [6.45, 7) is 1.88. The molecule has 1 aliphatic heterocycles. The van der Waals surface area contributed by atoms with Crippen LogP contribution in [-0.4, -0.2) is 39.5 Å². The van der Waals surface area contributed by atoms with Crippen molar-refractivity contribution in [3.05, 3.63) is 83.2 Å². The molecule has 5 rings (SSSR count). The number of hydrogen-bond donors (Lipinski definition) is 2. The Morgan fingerprint density at radius 2 is 1.89 bits per heavy atom. The third-order valence-electron chi connectivity index (χ3n) is 6.18. The number of fused-ring (bicyclic) bond motifs is 3. The second-order valence-electron chi connectivity index (χ2n) is 8.36. The van der Waals surface area contributed by atoms with E-state index in [0.29, 0.717) is 34.9 Å². The third kappa shape index (κ3) is 4.50. The molecule has 0 saturated heterocycles. The van der Waals surface area contributed by atoms with Gasteiger partial charge < -0.3 is 19.9 Å². The van der Waals surface area contributed by atoms with E-state index in [-0.39, 0.29) is 18.4 Å². The third-order valence-corrected chi connectivity index (χ3v) is 6.18. The van der Waals surface area contributed by atoms with Crippen molar-refractivity contribution in [2.75, 3.05) is 13.2 Å². The fraction of sp³-hybridized carbons (Fsp3) is 0.308. The van der Waals surface area contributed by atoms with E-state index in [2.05, 4.69) is 10.3 Å². The van der Waals surface area contributed by atoms with Gasteiger partial charge in [-0.25, -0.2) is 9.50 Å². The van der Waals surface area contributed by atoms with Crippen LogP contribution >= 0.6 is 0 Å². The summed E-state index contributed by atoms with van der Waals surface area (Å²) in [7, 11) is 0. The number of alkyl halides is 2. The van der Waals surface area contributed by atoms with Crippen LogP contribution in [0.1, 0.15) is 54.6 Å². The van der Waals surface area contributed by atoms with Crippen LogP contribution in [0.2, 0.25) is 0 Å². The van der Waals surface area contributed by atoms with Crippen molar-refractivity contribution in [2.24, 2.45) is 0 Å². The second-order valence-corrected chi connectivity index (χ2v) is 8.36. The number of β-amino-alcohol motifs (C(OH)–C–C–N with tert-alkyl or cyclic N) is 1. The summed E-state index contributed by atoms with van der Waals surface area (Å²) in [5.41, 5.74) is 4.82. The summed E-state index contributed by atoms with van der Waals surface area (Å²) in [4.78, 5) is 4.60. The average molecular weight is 481 g/mol. The molecule has 0 saturated carbocycles. The smallest absolute Gasteiger partial charge is 0.387 e. The van der Waals surface area contributed by atoms with E-state index in [9.17, 15) is 13.9 Å². The summed E-state index contributed by atoms with van der Waals surface area (Å²) >= 11 is 0. The topological polar surface area (TPSA) is 80.9 Å². The maximum absolute atomic E-state index is 13.1. The highest BCUT2D eigenvalue weighted by atomic mass is 19.3. The SMILES string of the molecule is CCOC(C)c1ccc(-c2ccc3nc4c(n3n2)[C@@H](c2ccccc2OC(F)F)NC[C@@H]4O)cc1. The van der Waals surface area contributed by atoms with Crippen LogP contribution in [0.25, 0.3) is 16.9 Å². The predicted molar refractivity (Wildman–Crippen MR) is 126 cm³/mol. The molecule has 2 N–H and O–H groups in total. The minimum absolute atomic E-state index is 0.00555. The first-order valence-corrected chi connectivity index (χ1v) is 11.5. The molecule has 1 unspecified atom stereocenters. The Bertz CT molecular complexity index is 1330. The molecular weight excluding hydrogens is 454 g/mol. The van der Waals surface area contributed by atoms with Gasteiger partial charge in [-0.15, -0.1) is 0 Å². The molecule has 9 heteroatoms. The van der Waals surface area contributed by atoms with Crippen LogP contribution in [0.4, 0.5) is 8.78 Å². The number of aromatic nitrogens is 3. The Balaban J connectivity index is 1.58. The number of ether oxygens (including phenoxy) is 2. The molecule has 35 heavy (non-hydrogen) atoms. The summed E-state index contributed by atoms with van der Waals surface area (Å²) in [5, 5.41) is 18.7. The van der Waals surface area contributed by atoms with Gasteiger partial charge in [-0.05, 0) is 37.6 Å². The number of benzene rings is 2.